The van der Waals surface area contributed by atoms with Crippen molar-refractivity contribution in [1.29, 1.82) is 0 Å². The van der Waals surface area contributed by atoms with E-state index in [-0.39, 0.29) is 12.3 Å². The van der Waals surface area contributed by atoms with Gasteiger partial charge in [-0.1, -0.05) is 6.07 Å². The van der Waals surface area contributed by atoms with Gasteiger partial charge in [-0.05, 0) is 35.0 Å². The van der Waals surface area contributed by atoms with E-state index in [9.17, 15) is 9.59 Å². The Morgan fingerprint density at radius 1 is 1.45 bits per heavy atom. The summed E-state index contributed by atoms with van der Waals surface area (Å²) in [4.78, 5) is 28.3. The second-order valence-corrected chi connectivity index (χ2v) is 5.68. The van der Waals surface area contributed by atoms with E-state index in [1.807, 2.05) is 0 Å². The lowest BCUT2D eigenvalue weighted by Crippen LogP contribution is -2.45. The molecule has 0 aromatic carbocycles. The van der Waals surface area contributed by atoms with E-state index in [1.54, 1.807) is 37.4 Å². The van der Waals surface area contributed by atoms with Gasteiger partial charge in [0.15, 0.2) is 4.67 Å². The molecular weight excluding hydrogens is 352 g/mol. The third kappa shape index (κ3) is 3.73. The quantitative estimate of drug-likeness (QED) is 0.822. The minimum Gasteiger partial charge on any atom is -0.469 e. The van der Waals surface area contributed by atoms with Crippen molar-refractivity contribution in [1.82, 2.24) is 10.3 Å². The van der Waals surface area contributed by atoms with Gasteiger partial charge in [0.05, 0.1) is 30.3 Å². The maximum absolute atomic E-state index is 12.3. The van der Waals surface area contributed by atoms with Crippen LogP contribution in [-0.2, 0) is 15.1 Å². The van der Waals surface area contributed by atoms with Crippen LogP contribution in [0.25, 0.3) is 0 Å². The van der Waals surface area contributed by atoms with Gasteiger partial charge in [-0.25, -0.2) is 0 Å². The molecule has 7 heteroatoms. The molecule has 2 aromatic rings. The minimum absolute atomic E-state index is 0.0364. The van der Waals surface area contributed by atoms with E-state index in [2.05, 4.69) is 26.2 Å². The molecule has 2 aromatic heterocycles. The van der Waals surface area contributed by atoms with Crippen LogP contribution in [-0.4, -0.2) is 24.0 Å². The van der Waals surface area contributed by atoms with Crippen LogP contribution in [0.4, 0.5) is 0 Å². The maximum Gasteiger partial charge on any atom is 0.308 e. The highest BCUT2D eigenvalue weighted by molar-refractivity contribution is 9.10. The molecule has 2 heterocycles. The number of esters is 1. The predicted octanol–water partition coefficient (Wildman–Crippen LogP) is 2.65. The van der Waals surface area contributed by atoms with Crippen LogP contribution in [0.2, 0.25) is 0 Å². The maximum atomic E-state index is 12.3. The van der Waals surface area contributed by atoms with Gasteiger partial charge in [-0.2, -0.15) is 0 Å². The molecule has 0 radical (unpaired) electrons. The summed E-state index contributed by atoms with van der Waals surface area (Å²) in [7, 11) is 1.30. The summed E-state index contributed by atoms with van der Waals surface area (Å²) in [5, 5.41) is 2.82. The third-order valence-corrected chi connectivity index (χ3v) is 3.59. The van der Waals surface area contributed by atoms with Gasteiger partial charge in [0.25, 0.3) is 5.91 Å². The molecule has 0 fully saturated rings. The lowest BCUT2D eigenvalue weighted by molar-refractivity contribution is -0.142. The molecule has 22 heavy (non-hydrogen) atoms. The molecular formula is C15H15BrN2O4. The Morgan fingerprint density at radius 3 is 2.77 bits per heavy atom. The van der Waals surface area contributed by atoms with Gasteiger partial charge >= 0.3 is 5.97 Å². The van der Waals surface area contributed by atoms with Crippen LogP contribution in [0.3, 0.4) is 0 Å². The number of rotatable bonds is 5. The Morgan fingerprint density at radius 2 is 2.23 bits per heavy atom. The smallest absolute Gasteiger partial charge is 0.308 e. The van der Waals surface area contributed by atoms with Crippen molar-refractivity contribution in [3.05, 3.63) is 52.7 Å². The van der Waals surface area contributed by atoms with Gasteiger partial charge in [-0.3, -0.25) is 14.6 Å². The van der Waals surface area contributed by atoms with Crippen molar-refractivity contribution < 1.29 is 18.7 Å². The number of amides is 1. The fourth-order valence-electron chi connectivity index (χ4n) is 2.00. The van der Waals surface area contributed by atoms with Crippen LogP contribution in [0.15, 0.2) is 45.8 Å². The summed E-state index contributed by atoms with van der Waals surface area (Å²) < 4.78 is 10.2. The SMILES string of the molecule is COC(=O)CC(C)(NC(=O)c1coc(Br)c1)c1ccccn1. The highest BCUT2D eigenvalue weighted by Crippen LogP contribution is 2.24. The number of methoxy groups -OCH3 is 1. The van der Waals surface area contributed by atoms with E-state index in [1.165, 1.54) is 13.4 Å². The van der Waals surface area contributed by atoms with Crippen LogP contribution in [0.5, 0.6) is 0 Å². The van der Waals surface area contributed by atoms with E-state index in [4.69, 9.17) is 9.15 Å². The van der Waals surface area contributed by atoms with E-state index in [0.717, 1.165) is 0 Å². The minimum atomic E-state index is -0.991. The molecule has 1 N–H and O–H groups in total. The Bertz CT molecular complexity index is 671. The highest BCUT2D eigenvalue weighted by Gasteiger charge is 2.33. The molecule has 2 rings (SSSR count). The van der Waals surface area contributed by atoms with Gasteiger partial charge in [0.2, 0.25) is 0 Å². The van der Waals surface area contributed by atoms with E-state index in [0.29, 0.717) is 15.9 Å². The van der Waals surface area contributed by atoms with E-state index < -0.39 is 11.5 Å². The molecule has 0 aliphatic rings. The summed E-state index contributed by atoms with van der Waals surface area (Å²) in [5.74, 6) is -0.812. The Balaban J connectivity index is 2.28. The van der Waals surface area contributed by atoms with Crippen molar-refractivity contribution in [2.45, 2.75) is 18.9 Å². The van der Waals surface area contributed by atoms with Gasteiger partial charge in [-0.15, -0.1) is 0 Å². The first kappa shape index (κ1) is 16.2. The second kappa shape index (κ2) is 6.74. The number of aromatic nitrogens is 1. The first-order valence-electron chi connectivity index (χ1n) is 6.49. The molecule has 1 atom stereocenters. The number of furan rings is 1. The molecule has 0 saturated carbocycles. The highest BCUT2D eigenvalue weighted by atomic mass is 79.9. The number of carbonyl (C=O) groups excluding carboxylic acids is 2. The number of ether oxygens (including phenoxy) is 1. The molecule has 0 aliphatic heterocycles. The van der Waals surface area contributed by atoms with Crippen molar-refractivity contribution in [3.8, 4) is 0 Å². The Hall–Kier alpha value is -2.15. The standard InChI is InChI=1S/C15H15BrN2O4/c1-15(8-13(19)21-2,11-5-3-4-6-17-11)18-14(20)10-7-12(16)22-9-10/h3-7,9H,8H2,1-2H3,(H,18,20). The van der Waals surface area contributed by atoms with Gasteiger partial charge < -0.3 is 14.5 Å². The number of pyridine rings is 1. The average Bonchev–Trinajstić information content (AvgIpc) is 2.94. The zero-order chi connectivity index (χ0) is 16.2. The summed E-state index contributed by atoms with van der Waals surface area (Å²) in [6.45, 7) is 1.72. The predicted molar refractivity (Wildman–Crippen MR) is 82.1 cm³/mol. The molecule has 0 bridgehead atoms. The number of nitrogens with zero attached hydrogens (tertiary/aromatic N) is 1. The second-order valence-electron chi connectivity index (χ2n) is 4.89. The third-order valence-electron chi connectivity index (χ3n) is 3.17. The number of hydrogen-bond donors (Lipinski definition) is 1. The number of halogens is 1. The Labute approximate surface area is 136 Å². The zero-order valence-corrected chi connectivity index (χ0v) is 13.7. The molecule has 0 saturated heterocycles. The number of carbonyl (C=O) groups is 2. The fourth-order valence-corrected chi connectivity index (χ4v) is 2.34. The topological polar surface area (TPSA) is 81.4 Å². The molecule has 116 valence electrons. The van der Waals surface area contributed by atoms with Crippen LogP contribution >= 0.6 is 15.9 Å². The molecule has 6 nitrogen and oxygen atoms in total. The lowest BCUT2D eigenvalue weighted by Gasteiger charge is -2.29. The lowest BCUT2D eigenvalue weighted by atomic mass is 9.92. The molecule has 0 aliphatic carbocycles. The van der Waals surface area contributed by atoms with Crippen molar-refractivity contribution in [2.75, 3.05) is 7.11 Å². The molecule has 1 unspecified atom stereocenters. The van der Waals surface area contributed by atoms with Crippen LogP contribution in [0.1, 0.15) is 29.4 Å². The zero-order valence-electron chi connectivity index (χ0n) is 12.1. The summed E-state index contributed by atoms with van der Waals surface area (Å²) in [5.41, 5.74) is -0.0787. The fraction of sp³-hybridized carbons (Fsp3) is 0.267. The summed E-state index contributed by atoms with van der Waals surface area (Å²) in [6, 6.07) is 6.84. The van der Waals surface area contributed by atoms with Gasteiger partial charge in [0, 0.05) is 12.3 Å². The van der Waals surface area contributed by atoms with Crippen molar-refractivity contribution >= 4 is 27.8 Å². The first-order chi connectivity index (χ1) is 10.4. The number of nitrogens with one attached hydrogen (secondary N) is 1. The number of hydrogen-bond acceptors (Lipinski definition) is 5. The van der Waals surface area contributed by atoms with Crippen LogP contribution < -0.4 is 5.32 Å². The van der Waals surface area contributed by atoms with Crippen LogP contribution in [0, 0.1) is 0 Å². The largest absolute Gasteiger partial charge is 0.469 e. The summed E-state index contributed by atoms with van der Waals surface area (Å²) >= 11 is 3.14. The molecule has 0 spiro atoms. The normalized spacial score (nSPS) is 13.2. The van der Waals surface area contributed by atoms with Crippen molar-refractivity contribution in [2.24, 2.45) is 0 Å². The molecule has 1 amide bonds. The Kier molecular flexibility index (Phi) is 4.97. The first-order valence-corrected chi connectivity index (χ1v) is 7.29. The van der Waals surface area contributed by atoms with Crippen molar-refractivity contribution in [3.63, 3.8) is 0 Å². The monoisotopic (exact) mass is 366 g/mol. The average molecular weight is 367 g/mol. The van der Waals surface area contributed by atoms with Gasteiger partial charge in [0.1, 0.15) is 6.26 Å². The van der Waals surface area contributed by atoms with E-state index >= 15 is 0 Å². The summed E-state index contributed by atoms with van der Waals surface area (Å²) in [6.07, 6.45) is 2.90.